The topological polar surface area (TPSA) is 0 Å². The summed E-state index contributed by atoms with van der Waals surface area (Å²) in [5.74, 6) is 0. The molecule has 0 aliphatic rings. The minimum atomic E-state index is 1.07. The molecule has 0 aromatic carbocycles. The van der Waals surface area contributed by atoms with Gasteiger partial charge in [0, 0.05) is 0 Å². The molecule has 71 valence electrons. The molecule has 0 fully saturated rings. The third-order valence-electron chi connectivity index (χ3n) is 2.19. The van der Waals surface area contributed by atoms with Crippen molar-refractivity contribution in [2.24, 2.45) is 0 Å². The molecule has 0 heterocycles. The molecule has 0 aliphatic carbocycles. The van der Waals surface area contributed by atoms with Crippen LogP contribution in [0.2, 0.25) is 0 Å². The Kier molecular flexibility index (Phi) is 8.64. The Bertz CT molecular complexity index is 111. The first kappa shape index (κ1) is 11.7. The molecule has 0 atom stereocenters. The smallest absolute Gasteiger partial charge is 0.0320 e. The van der Waals surface area contributed by atoms with E-state index in [1.807, 2.05) is 0 Å². The minimum absolute atomic E-state index is 1.07. The fourth-order valence-electron chi connectivity index (χ4n) is 1.29. The largest absolute Gasteiger partial charge is 0.0853 e. The maximum Gasteiger partial charge on any atom is -0.0320 e. The molecular weight excluding hydrogens is 144 g/mol. The first-order valence-corrected chi connectivity index (χ1v) is 5.32. The second-order valence-electron chi connectivity index (χ2n) is 3.32. The summed E-state index contributed by atoms with van der Waals surface area (Å²) in [7, 11) is 0. The lowest BCUT2D eigenvalue weighted by atomic mass is 10.0. The highest BCUT2D eigenvalue weighted by atomic mass is 14.0. The van der Waals surface area contributed by atoms with Gasteiger partial charge in [-0.3, -0.25) is 0 Å². The first-order chi connectivity index (χ1) is 5.85. The molecule has 0 aromatic rings. The van der Waals surface area contributed by atoms with Gasteiger partial charge >= 0.3 is 0 Å². The second-order valence-corrected chi connectivity index (χ2v) is 3.32. The molecular formula is C12H23. The number of unbranched alkanes of at least 4 members (excludes halogenated alkanes) is 3. The molecule has 12 heavy (non-hydrogen) atoms. The number of hydrogen-bond acceptors (Lipinski definition) is 0. The molecule has 0 nitrogen and oxygen atoms in total. The van der Waals surface area contributed by atoms with Gasteiger partial charge in [-0.05, 0) is 25.7 Å². The first-order valence-electron chi connectivity index (χ1n) is 5.32. The van der Waals surface area contributed by atoms with E-state index in [1.165, 1.54) is 38.5 Å². The molecule has 0 bridgehead atoms. The summed E-state index contributed by atoms with van der Waals surface area (Å²) in [6, 6.07) is 0. The van der Waals surface area contributed by atoms with E-state index in [0.29, 0.717) is 0 Å². The van der Waals surface area contributed by atoms with E-state index in [1.54, 1.807) is 5.57 Å². The minimum Gasteiger partial charge on any atom is -0.0853 e. The van der Waals surface area contributed by atoms with Gasteiger partial charge in [-0.2, -0.15) is 0 Å². The third-order valence-corrected chi connectivity index (χ3v) is 2.19. The van der Waals surface area contributed by atoms with Crippen molar-refractivity contribution in [3.8, 4) is 0 Å². The molecule has 0 N–H and O–H groups in total. The average Bonchev–Trinajstić information content (AvgIpc) is 2.11. The maximum atomic E-state index is 3.86. The van der Waals surface area contributed by atoms with Gasteiger partial charge in [0.15, 0.2) is 0 Å². The summed E-state index contributed by atoms with van der Waals surface area (Å²) < 4.78 is 0. The zero-order chi connectivity index (χ0) is 9.23. The third kappa shape index (κ3) is 6.45. The highest BCUT2D eigenvalue weighted by Gasteiger charge is 1.92. The van der Waals surface area contributed by atoms with Crippen molar-refractivity contribution >= 4 is 0 Å². The van der Waals surface area contributed by atoms with Crippen LogP contribution in [0.25, 0.3) is 0 Å². The fourth-order valence-corrected chi connectivity index (χ4v) is 1.29. The van der Waals surface area contributed by atoms with Crippen LogP contribution in [-0.4, -0.2) is 0 Å². The van der Waals surface area contributed by atoms with Crippen molar-refractivity contribution < 1.29 is 0 Å². The Morgan fingerprint density at radius 2 is 2.00 bits per heavy atom. The van der Waals surface area contributed by atoms with Gasteiger partial charge < -0.3 is 0 Å². The Labute approximate surface area is 78.1 Å². The van der Waals surface area contributed by atoms with E-state index in [4.69, 9.17) is 0 Å². The Morgan fingerprint density at radius 1 is 1.25 bits per heavy atom. The maximum absolute atomic E-state index is 3.86. The van der Waals surface area contributed by atoms with Crippen molar-refractivity contribution in [1.29, 1.82) is 0 Å². The summed E-state index contributed by atoms with van der Waals surface area (Å²) in [5.41, 5.74) is 1.63. The van der Waals surface area contributed by atoms with E-state index < -0.39 is 0 Å². The van der Waals surface area contributed by atoms with Crippen LogP contribution in [0.3, 0.4) is 0 Å². The molecule has 0 aromatic heterocycles. The van der Waals surface area contributed by atoms with Crippen LogP contribution in [0.15, 0.2) is 11.6 Å². The van der Waals surface area contributed by atoms with E-state index in [9.17, 15) is 0 Å². The summed E-state index contributed by atoms with van der Waals surface area (Å²) in [4.78, 5) is 0. The number of allylic oxidation sites excluding steroid dienone is 2. The van der Waals surface area contributed by atoms with Crippen molar-refractivity contribution in [2.75, 3.05) is 0 Å². The quantitative estimate of drug-likeness (QED) is 0.386. The zero-order valence-electron chi connectivity index (χ0n) is 8.73. The van der Waals surface area contributed by atoms with Crippen LogP contribution in [0.1, 0.15) is 58.8 Å². The number of hydrogen-bond donors (Lipinski definition) is 0. The Balaban J connectivity index is 3.55. The lowest BCUT2D eigenvalue weighted by Crippen LogP contribution is -1.82. The predicted molar refractivity (Wildman–Crippen MR) is 57.1 cm³/mol. The Morgan fingerprint density at radius 3 is 2.50 bits per heavy atom. The summed E-state index contributed by atoms with van der Waals surface area (Å²) in [5, 5.41) is 0. The molecule has 0 saturated heterocycles. The van der Waals surface area contributed by atoms with Crippen molar-refractivity contribution in [2.45, 2.75) is 58.8 Å². The zero-order valence-corrected chi connectivity index (χ0v) is 8.73. The molecule has 0 saturated carbocycles. The van der Waals surface area contributed by atoms with Gasteiger partial charge in [0.2, 0.25) is 0 Å². The second kappa shape index (κ2) is 8.83. The average molecular weight is 167 g/mol. The molecule has 0 spiro atoms. The van der Waals surface area contributed by atoms with Crippen molar-refractivity contribution in [3.05, 3.63) is 18.6 Å². The molecule has 1 radical (unpaired) electrons. The van der Waals surface area contributed by atoms with Crippen LogP contribution in [0, 0.1) is 6.92 Å². The van der Waals surface area contributed by atoms with Crippen molar-refractivity contribution in [1.82, 2.24) is 0 Å². The molecule has 0 unspecified atom stereocenters. The van der Waals surface area contributed by atoms with E-state index in [0.717, 1.165) is 6.42 Å². The van der Waals surface area contributed by atoms with Gasteiger partial charge in [0.1, 0.15) is 0 Å². The molecule has 0 amide bonds. The highest BCUT2D eigenvalue weighted by Crippen LogP contribution is 2.12. The molecule has 0 aliphatic heterocycles. The van der Waals surface area contributed by atoms with Crippen LogP contribution in [-0.2, 0) is 0 Å². The van der Waals surface area contributed by atoms with Crippen LogP contribution in [0.4, 0.5) is 0 Å². The van der Waals surface area contributed by atoms with Crippen LogP contribution in [0.5, 0.6) is 0 Å². The SMILES string of the molecule is [CH2]CCCC(=CCCCC)CC. The van der Waals surface area contributed by atoms with Gasteiger partial charge in [0.05, 0.1) is 0 Å². The lowest BCUT2D eigenvalue weighted by Gasteiger charge is -2.02. The standard InChI is InChI=1S/C12H23/c1-4-7-9-11-12(6-3)10-8-5-2/h11H,2,4-10H2,1,3H3. The summed E-state index contributed by atoms with van der Waals surface area (Å²) in [6.45, 7) is 8.36. The van der Waals surface area contributed by atoms with E-state index in [-0.39, 0.29) is 0 Å². The van der Waals surface area contributed by atoms with Gasteiger partial charge in [-0.25, -0.2) is 0 Å². The predicted octanol–water partition coefficient (Wildman–Crippen LogP) is 4.52. The van der Waals surface area contributed by atoms with E-state index >= 15 is 0 Å². The van der Waals surface area contributed by atoms with Gasteiger partial charge in [-0.15, -0.1) is 0 Å². The van der Waals surface area contributed by atoms with E-state index in [2.05, 4.69) is 26.8 Å². The molecule has 0 heteroatoms. The summed E-state index contributed by atoms with van der Waals surface area (Å²) >= 11 is 0. The Hall–Kier alpha value is -0.260. The normalized spacial score (nSPS) is 12.1. The fraction of sp³-hybridized carbons (Fsp3) is 0.750. The number of rotatable bonds is 7. The molecule has 0 rings (SSSR count). The monoisotopic (exact) mass is 167 g/mol. The lowest BCUT2D eigenvalue weighted by molar-refractivity contribution is 0.770. The van der Waals surface area contributed by atoms with Crippen molar-refractivity contribution in [3.63, 3.8) is 0 Å². The van der Waals surface area contributed by atoms with Crippen LogP contribution >= 0.6 is 0 Å². The summed E-state index contributed by atoms with van der Waals surface area (Å²) in [6.07, 6.45) is 11.2. The highest BCUT2D eigenvalue weighted by molar-refractivity contribution is 5.00. The van der Waals surface area contributed by atoms with Gasteiger partial charge in [0.25, 0.3) is 0 Å². The van der Waals surface area contributed by atoms with Crippen LogP contribution < -0.4 is 0 Å². The van der Waals surface area contributed by atoms with Gasteiger partial charge in [-0.1, -0.05) is 51.7 Å².